The number of hydrogen-bond acceptors (Lipinski definition) is 6. The van der Waals surface area contributed by atoms with Gasteiger partial charge in [-0.2, -0.15) is 34.8 Å². The zero-order valence-corrected chi connectivity index (χ0v) is 35.8. The van der Waals surface area contributed by atoms with E-state index < -0.39 is 46.4 Å². The fraction of sp³-hybridized carbons (Fsp3) is 0.297. The Kier molecular flexibility index (Phi) is 13.8. The first-order chi connectivity index (χ1) is 26.0. The molecule has 0 amide bonds. The monoisotopic (exact) mass is 1010 g/mol. The quantitative estimate of drug-likeness (QED) is 0.141. The second kappa shape index (κ2) is 17.2. The Hall–Kier alpha value is -2.21. The fourth-order valence-corrected chi connectivity index (χ4v) is 8.73. The van der Waals surface area contributed by atoms with Gasteiger partial charge in [0.1, 0.15) is 10.8 Å². The van der Waals surface area contributed by atoms with Crippen molar-refractivity contribution < 1.29 is 38.9 Å². The van der Waals surface area contributed by atoms with Crippen molar-refractivity contribution in [2.24, 2.45) is 15.7 Å². The Morgan fingerprint density at radius 1 is 0.679 bits per heavy atom. The molecule has 0 bridgehead atoms. The lowest BCUT2D eigenvalue weighted by atomic mass is 9.76. The number of aliphatic imine (C=N–C) groups is 2. The predicted octanol–water partition coefficient (Wildman–Crippen LogP) is 11.8. The van der Waals surface area contributed by atoms with E-state index in [2.05, 4.69) is 41.8 Å². The largest absolute Gasteiger partial charge is 0.400 e. The van der Waals surface area contributed by atoms with Crippen molar-refractivity contribution in [1.82, 2.24) is 0 Å². The Balaban J connectivity index is 0.000000216. The van der Waals surface area contributed by atoms with Gasteiger partial charge in [0.2, 0.25) is 0 Å². The normalized spacial score (nSPS) is 20.0. The van der Waals surface area contributed by atoms with Crippen LogP contribution in [0.25, 0.3) is 0 Å². The fourth-order valence-electron chi connectivity index (χ4n) is 6.30. The van der Waals surface area contributed by atoms with Crippen LogP contribution in [-0.2, 0) is 38.3 Å². The minimum Gasteiger partial charge on any atom is -0.326 e. The van der Waals surface area contributed by atoms with Crippen molar-refractivity contribution in [3.05, 3.63) is 135 Å². The molecule has 4 aromatic rings. The first kappa shape index (κ1) is 44.9. The summed E-state index contributed by atoms with van der Waals surface area (Å²) in [6.45, 7) is -0.752. The number of halogens is 12. The molecule has 2 atom stereocenters. The highest BCUT2D eigenvalue weighted by molar-refractivity contribution is 9.10. The van der Waals surface area contributed by atoms with Gasteiger partial charge in [0.15, 0.2) is 0 Å². The van der Waals surface area contributed by atoms with E-state index in [1.165, 1.54) is 36.4 Å². The smallest absolute Gasteiger partial charge is 0.326 e. The van der Waals surface area contributed by atoms with Crippen molar-refractivity contribution in [1.29, 1.82) is 0 Å². The Labute approximate surface area is 355 Å². The van der Waals surface area contributed by atoms with Crippen molar-refractivity contribution >= 4 is 99.8 Å². The molecular weight excluding hydrogens is 982 g/mol. The molecule has 2 heterocycles. The minimum atomic E-state index is -4.58. The highest BCUT2D eigenvalue weighted by atomic mass is 79.9. The second-order valence-electron chi connectivity index (χ2n) is 13.1. The van der Waals surface area contributed by atoms with Gasteiger partial charge in [0.05, 0.1) is 26.0 Å². The number of nitrogens with zero attached hydrogens (tertiary/aromatic N) is 2. The molecule has 0 saturated heterocycles. The lowest BCUT2D eigenvalue weighted by Gasteiger charge is -2.31. The third-order valence-corrected chi connectivity index (χ3v) is 12.2. The summed E-state index contributed by atoms with van der Waals surface area (Å²) in [5.74, 6) is 0. The topological polar surface area (TPSA) is 94.1 Å². The molecule has 2 aliphatic heterocycles. The first-order valence-electron chi connectivity index (χ1n) is 16.2. The lowest BCUT2D eigenvalue weighted by Crippen LogP contribution is -2.43. The van der Waals surface area contributed by atoms with E-state index in [-0.39, 0.29) is 56.4 Å². The van der Waals surface area contributed by atoms with Crippen LogP contribution in [0, 0.1) is 0 Å². The zero-order valence-electron chi connectivity index (χ0n) is 28.8. The van der Waals surface area contributed by atoms with E-state index in [0.717, 1.165) is 16.3 Å². The van der Waals surface area contributed by atoms with Crippen LogP contribution in [0.15, 0.2) is 91.7 Å². The maximum absolute atomic E-state index is 14.2. The molecule has 6 rings (SSSR count). The first-order valence-corrected chi connectivity index (χ1v) is 21.1. The molecule has 0 spiro atoms. The average Bonchev–Trinajstić information content (AvgIpc) is 3.75. The summed E-state index contributed by atoms with van der Waals surface area (Å²) in [4.78, 5) is 8.40. The molecule has 2 N–H and O–H groups in total. The van der Waals surface area contributed by atoms with Crippen molar-refractivity contribution in [3.8, 4) is 0 Å². The van der Waals surface area contributed by atoms with Crippen LogP contribution in [0.3, 0.4) is 0 Å². The number of nitrogens with two attached hydrogens (primary N) is 1. The zero-order chi connectivity index (χ0) is 41.4. The summed E-state index contributed by atoms with van der Waals surface area (Å²) in [6, 6.07) is 18.0. The molecule has 19 heteroatoms. The molecule has 0 aromatic heterocycles. The number of alkyl halides is 6. The Morgan fingerprint density at radius 2 is 1.05 bits per heavy atom. The van der Waals surface area contributed by atoms with E-state index in [1.54, 1.807) is 36.4 Å². The molecule has 300 valence electrons. The SMILES string of the molecule is CS(=O)(=O)OCc1ccc(C2=NCC(c3cc(Cl)cc(Cl)c3)(C(F)(F)F)C2)cc1Br.NCc1ccc(C2=NCC(c3cc(Cl)cc(Cl)c3)(C(F)(F)F)C2)cc1Br. The maximum Gasteiger partial charge on any atom is 0.400 e. The molecule has 2 unspecified atom stereocenters. The summed E-state index contributed by atoms with van der Waals surface area (Å²) in [5, 5.41) is 0.569. The Morgan fingerprint density at radius 3 is 1.38 bits per heavy atom. The average molecular weight is 1010 g/mol. The molecule has 0 aliphatic carbocycles. The van der Waals surface area contributed by atoms with Gasteiger partial charge in [-0.05, 0) is 81.9 Å². The lowest BCUT2D eigenvalue weighted by molar-refractivity contribution is -0.184. The minimum absolute atomic E-state index is 0.0268. The predicted molar refractivity (Wildman–Crippen MR) is 216 cm³/mol. The van der Waals surface area contributed by atoms with Crippen LogP contribution in [0.5, 0.6) is 0 Å². The molecule has 4 aromatic carbocycles. The van der Waals surface area contributed by atoms with Gasteiger partial charge in [-0.25, -0.2) is 0 Å². The molecule has 6 nitrogen and oxygen atoms in total. The third kappa shape index (κ3) is 9.96. The van der Waals surface area contributed by atoms with Crippen molar-refractivity contribution in [3.63, 3.8) is 0 Å². The molecule has 0 radical (unpaired) electrons. The van der Waals surface area contributed by atoms with Gasteiger partial charge >= 0.3 is 12.4 Å². The van der Waals surface area contributed by atoms with E-state index in [4.69, 9.17) is 56.3 Å². The highest BCUT2D eigenvalue weighted by Gasteiger charge is 2.59. The van der Waals surface area contributed by atoms with Crippen LogP contribution >= 0.6 is 78.3 Å². The second-order valence-corrected chi connectivity index (χ2v) is 18.2. The number of rotatable bonds is 8. The summed E-state index contributed by atoms with van der Waals surface area (Å²) in [5.41, 5.74) is 4.43. The van der Waals surface area contributed by atoms with E-state index >= 15 is 0 Å². The summed E-state index contributed by atoms with van der Waals surface area (Å²) in [6.07, 6.45) is -8.80. The summed E-state index contributed by atoms with van der Waals surface area (Å²) < 4.78 is 113. The van der Waals surface area contributed by atoms with Crippen LogP contribution in [-0.4, -0.2) is 51.5 Å². The van der Waals surface area contributed by atoms with E-state index in [0.29, 0.717) is 33.4 Å². The molecular formula is C37H29Br2Cl4F6N3O3S. The van der Waals surface area contributed by atoms with Crippen LogP contribution in [0.4, 0.5) is 26.3 Å². The van der Waals surface area contributed by atoms with Gasteiger partial charge < -0.3 is 5.73 Å². The van der Waals surface area contributed by atoms with Gasteiger partial charge in [-0.3, -0.25) is 14.2 Å². The third-order valence-electron chi connectivity index (χ3n) is 9.35. The molecule has 2 aliphatic rings. The van der Waals surface area contributed by atoms with Crippen LogP contribution in [0.1, 0.15) is 46.2 Å². The van der Waals surface area contributed by atoms with E-state index in [1.807, 2.05) is 0 Å². The van der Waals surface area contributed by atoms with Gasteiger partial charge in [0, 0.05) is 59.8 Å². The number of benzene rings is 4. The summed E-state index contributed by atoms with van der Waals surface area (Å²) >= 11 is 30.5. The molecule has 0 fully saturated rings. The van der Waals surface area contributed by atoms with Crippen LogP contribution < -0.4 is 5.73 Å². The van der Waals surface area contributed by atoms with Crippen molar-refractivity contribution in [2.45, 2.75) is 49.2 Å². The standard InChI is InChI=1S/C19H15BrCl2F3NO3S.C18H14BrCl2F3N2/c1-30(27,28)29-9-12-3-2-11(4-16(12)20)17-8-18(10-26-17,19(23,24)25)13-5-14(21)7-15(22)6-13;19-15-3-10(1-2-11(15)8-25)16-7-17(9-26-16,18(22,23)24)12-4-13(20)6-14(21)5-12/h2-7H,8-10H2,1H3;1-6H,7-9,25H2. The molecule has 56 heavy (non-hydrogen) atoms. The van der Waals surface area contributed by atoms with E-state index in [9.17, 15) is 34.8 Å². The van der Waals surface area contributed by atoms with Gasteiger partial charge in [0.25, 0.3) is 10.1 Å². The van der Waals surface area contributed by atoms with Crippen molar-refractivity contribution in [2.75, 3.05) is 19.3 Å². The maximum atomic E-state index is 14.2. The summed E-state index contributed by atoms with van der Waals surface area (Å²) in [7, 11) is -3.63. The Bertz CT molecular complexity index is 2290. The van der Waals surface area contributed by atoms with Gasteiger partial charge in [-0.1, -0.05) is 103 Å². The van der Waals surface area contributed by atoms with Crippen LogP contribution in [0.2, 0.25) is 20.1 Å². The number of hydrogen-bond donors (Lipinski definition) is 1. The highest BCUT2D eigenvalue weighted by Crippen LogP contribution is 2.50. The van der Waals surface area contributed by atoms with Gasteiger partial charge in [-0.15, -0.1) is 0 Å². The molecule has 0 saturated carbocycles.